The van der Waals surface area contributed by atoms with Gasteiger partial charge in [0.25, 0.3) is 0 Å². The van der Waals surface area contributed by atoms with E-state index in [0.717, 1.165) is 31.3 Å². The first-order chi connectivity index (χ1) is 7.70. The Balaban J connectivity index is 2.10. The second-order valence-corrected chi connectivity index (χ2v) is 5.70. The zero-order valence-corrected chi connectivity index (χ0v) is 12.6. The van der Waals surface area contributed by atoms with Gasteiger partial charge >= 0.3 is 0 Å². The van der Waals surface area contributed by atoms with E-state index in [2.05, 4.69) is 56.7 Å². The normalized spacial score (nSPS) is 15.9. The summed E-state index contributed by atoms with van der Waals surface area (Å²) in [5.41, 5.74) is 2.53. The molecule has 0 bridgehead atoms. The van der Waals surface area contributed by atoms with Gasteiger partial charge in [0.2, 0.25) is 5.91 Å². The molecule has 0 radical (unpaired) electrons. The molecule has 1 amide bonds. The van der Waals surface area contributed by atoms with E-state index in [1.54, 1.807) is 0 Å². The summed E-state index contributed by atoms with van der Waals surface area (Å²) in [6, 6.07) is 6.42. The second-order valence-electron chi connectivity index (χ2n) is 3.98. The van der Waals surface area contributed by atoms with Crippen LogP contribution in [0.3, 0.4) is 0 Å². The average molecular weight is 394 g/mol. The molecule has 1 aromatic carbocycles. The number of nitrogens with zero attached hydrogens (tertiary/aromatic N) is 1. The minimum absolute atomic E-state index is 0.291. The maximum atomic E-state index is 11.5. The summed E-state index contributed by atoms with van der Waals surface area (Å²) >= 11 is 5.81. The quantitative estimate of drug-likeness (QED) is 0.569. The number of benzene rings is 1. The van der Waals surface area contributed by atoms with Crippen molar-refractivity contribution in [1.29, 1.82) is 0 Å². The van der Waals surface area contributed by atoms with Gasteiger partial charge in [0.1, 0.15) is 0 Å². The van der Waals surface area contributed by atoms with Crippen molar-refractivity contribution in [2.45, 2.75) is 24.7 Å². The molecule has 1 aromatic rings. The Morgan fingerprint density at radius 2 is 2.25 bits per heavy atom. The molecule has 1 aliphatic rings. The van der Waals surface area contributed by atoms with Crippen LogP contribution in [0, 0.1) is 3.57 Å². The summed E-state index contributed by atoms with van der Waals surface area (Å²) in [5.74, 6) is 0.291. The SMILES string of the molecule is O=C1CCCN1Cc1ccc(CBr)c(I)c1. The van der Waals surface area contributed by atoms with E-state index in [0.29, 0.717) is 5.91 Å². The molecule has 16 heavy (non-hydrogen) atoms. The lowest BCUT2D eigenvalue weighted by Crippen LogP contribution is -2.23. The summed E-state index contributed by atoms with van der Waals surface area (Å²) in [7, 11) is 0. The van der Waals surface area contributed by atoms with E-state index >= 15 is 0 Å². The first kappa shape index (κ1) is 12.4. The van der Waals surface area contributed by atoms with Gasteiger partial charge in [0.15, 0.2) is 0 Å². The molecular formula is C12H13BrINO. The number of amides is 1. The molecule has 0 unspecified atom stereocenters. The molecule has 1 fully saturated rings. The van der Waals surface area contributed by atoms with Gasteiger partial charge in [-0.05, 0) is 46.2 Å². The van der Waals surface area contributed by atoms with E-state index in [1.807, 2.05) is 4.90 Å². The molecule has 1 aliphatic heterocycles. The minimum atomic E-state index is 0.291. The Morgan fingerprint density at radius 3 is 2.81 bits per heavy atom. The van der Waals surface area contributed by atoms with Crippen molar-refractivity contribution in [3.8, 4) is 0 Å². The molecule has 0 aromatic heterocycles. The summed E-state index contributed by atoms with van der Waals surface area (Å²) in [6.45, 7) is 1.67. The molecule has 0 N–H and O–H groups in total. The van der Waals surface area contributed by atoms with Crippen LogP contribution in [-0.2, 0) is 16.7 Å². The number of halogens is 2. The molecule has 0 saturated carbocycles. The third-order valence-corrected chi connectivity index (χ3v) is 4.41. The van der Waals surface area contributed by atoms with Crippen molar-refractivity contribution in [2.24, 2.45) is 0 Å². The van der Waals surface area contributed by atoms with Gasteiger partial charge in [0, 0.05) is 28.4 Å². The predicted octanol–water partition coefficient (Wildman–Crippen LogP) is 3.31. The van der Waals surface area contributed by atoms with Crippen LogP contribution in [0.15, 0.2) is 18.2 Å². The van der Waals surface area contributed by atoms with Crippen molar-refractivity contribution in [3.05, 3.63) is 32.9 Å². The third kappa shape index (κ3) is 2.77. The zero-order valence-electron chi connectivity index (χ0n) is 8.88. The van der Waals surface area contributed by atoms with Crippen molar-refractivity contribution >= 4 is 44.4 Å². The number of hydrogen-bond acceptors (Lipinski definition) is 1. The molecule has 2 nitrogen and oxygen atoms in total. The van der Waals surface area contributed by atoms with Gasteiger partial charge in [-0.15, -0.1) is 0 Å². The second kappa shape index (κ2) is 5.49. The standard InChI is InChI=1S/C12H13BrINO/c13-7-10-4-3-9(6-11(10)14)8-15-5-1-2-12(15)16/h3-4,6H,1-2,5,7-8H2. The Hall–Kier alpha value is -0.100. The lowest BCUT2D eigenvalue weighted by molar-refractivity contribution is -0.128. The van der Waals surface area contributed by atoms with Crippen LogP contribution >= 0.6 is 38.5 Å². The Bertz CT molecular complexity index is 408. The first-order valence-corrected chi connectivity index (χ1v) is 7.52. The fraction of sp³-hybridized carbons (Fsp3) is 0.417. The molecule has 0 aliphatic carbocycles. The van der Waals surface area contributed by atoms with Crippen LogP contribution in [0.4, 0.5) is 0 Å². The summed E-state index contributed by atoms with van der Waals surface area (Å²) in [5, 5.41) is 0.883. The van der Waals surface area contributed by atoms with Crippen molar-refractivity contribution in [1.82, 2.24) is 4.90 Å². The lowest BCUT2D eigenvalue weighted by atomic mass is 10.1. The number of rotatable bonds is 3. The Kier molecular flexibility index (Phi) is 4.24. The van der Waals surface area contributed by atoms with Crippen LogP contribution in [0.5, 0.6) is 0 Å². The molecule has 0 atom stereocenters. The largest absolute Gasteiger partial charge is 0.338 e. The summed E-state index contributed by atoms with van der Waals surface area (Å²) in [6.07, 6.45) is 1.73. The van der Waals surface area contributed by atoms with Crippen molar-refractivity contribution in [2.75, 3.05) is 6.54 Å². The average Bonchev–Trinajstić information content (AvgIpc) is 2.65. The van der Waals surface area contributed by atoms with Crippen molar-refractivity contribution < 1.29 is 4.79 Å². The fourth-order valence-electron chi connectivity index (χ4n) is 1.89. The van der Waals surface area contributed by atoms with Gasteiger partial charge in [0.05, 0.1) is 0 Å². The van der Waals surface area contributed by atoms with E-state index in [9.17, 15) is 4.79 Å². The number of alkyl halides is 1. The van der Waals surface area contributed by atoms with Crippen LogP contribution < -0.4 is 0 Å². The van der Waals surface area contributed by atoms with Crippen molar-refractivity contribution in [3.63, 3.8) is 0 Å². The van der Waals surface area contributed by atoms with Gasteiger partial charge in [-0.3, -0.25) is 4.79 Å². The van der Waals surface area contributed by atoms with E-state index in [-0.39, 0.29) is 0 Å². The molecular weight excluding hydrogens is 381 g/mol. The van der Waals surface area contributed by atoms with Crippen LogP contribution in [-0.4, -0.2) is 17.4 Å². The first-order valence-electron chi connectivity index (χ1n) is 5.32. The number of hydrogen-bond donors (Lipinski definition) is 0. The maximum Gasteiger partial charge on any atom is 0.222 e. The molecule has 86 valence electrons. The topological polar surface area (TPSA) is 20.3 Å². The van der Waals surface area contributed by atoms with E-state index in [4.69, 9.17) is 0 Å². The minimum Gasteiger partial charge on any atom is -0.338 e. The van der Waals surface area contributed by atoms with Gasteiger partial charge in [-0.2, -0.15) is 0 Å². The van der Waals surface area contributed by atoms with Crippen LogP contribution in [0.2, 0.25) is 0 Å². The summed E-state index contributed by atoms with van der Waals surface area (Å²) < 4.78 is 1.26. The van der Waals surface area contributed by atoms with Gasteiger partial charge in [-0.25, -0.2) is 0 Å². The highest BCUT2D eigenvalue weighted by molar-refractivity contribution is 14.1. The fourth-order valence-corrected chi connectivity index (χ4v) is 3.67. The van der Waals surface area contributed by atoms with E-state index in [1.165, 1.54) is 14.7 Å². The van der Waals surface area contributed by atoms with E-state index < -0.39 is 0 Å². The highest BCUT2D eigenvalue weighted by Crippen LogP contribution is 2.20. The molecule has 2 rings (SSSR count). The summed E-state index contributed by atoms with van der Waals surface area (Å²) in [4.78, 5) is 13.4. The van der Waals surface area contributed by atoms with Gasteiger partial charge in [-0.1, -0.05) is 28.1 Å². The third-order valence-electron chi connectivity index (χ3n) is 2.81. The zero-order chi connectivity index (χ0) is 11.5. The molecule has 1 saturated heterocycles. The van der Waals surface area contributed by atoms with Crippen LogP contribution in [0.25, 0.3) is 0 Å². The number of carbonyl (C=O) groups excluding carboxylic acids is 1. The molecule has 1 heterocycles. The Morgan fingerprint density at radius 1 is 1.44 bits per heavy atom. The number of likely N-dealkylation sites (tertiary alicyclic amines) is 1. The Labute approximate surface area is 118 Å². The number of carbonyl (C=O) groups is 1. The monoisotopic (exact) mass is 393 g/mol. The highest BCUT2D eigenvalue weighted by atomic mass is 127. The van der Waals surface area contributed by atoms with Gasteiger partial charge < -0.3 is 4.90 Å². The smallest absolute Gasteiger partial charge is 0.222 e. The predicted molar refractivity (Wildman–Crippen MR) is 76.4 cm³/mol. The molecule has 0 spiro atoms. The maximum absolute atomic E-state index is 11.5. The molecule has 4 heteroatoms. The highest BCUT2D eigenvalue weighted by Gasteiger charge is 2.19. The van der Waals surface area contributed by atoms with Crippen LogP contribution in [0.1, 0.15) is 24.0 Å². The lowest BCUT2D eigenvalue weighted by Gasteiger charge is -2.16.